The Balaban J connectivity index is 1.46. The number of fused-ring (bicyclic) bond motifs is 2. The summed E-state index contributed by atoms with van der Waals surface area (Å²) in [4.78, 5) is 25.9. The first kappa shape index (κ1) is 23.1. The van der Waals surface area contributed by atoms with Crippen LogP contribution in [0.25, 0.3) is 0 Å². The summed E-state index contributed by atoms with van der Waals surface area (Å²) < 4.78 is 18.0. The Labute approximate surface area is 201 Å². The van der Waals surface area contributed by atoms with Crippen LogP contribution in [0.5, 0.6) is 0 Å². The quantitative estimate of drug-likeness (QED) is 0.501. The van der Waals surface area contributed by atoms with Gasteiger partial charge in [0.15, 0.2) is 0 Å². The van der Waals surface area contributed by atoms with Crippen molar-refractivity contribution in [1.82, 2.24) is 9.03 Å². The zero-order valence-electron chi connectivity index (χ0n) is 20.0. The van der Waals surface area contributed by atoms with Crippen LogP contribution >= 0.6 is 0 Å². The van der Waals surface area contributed by atoms with E-state index in [9.17, 15) is 18.9 Å². The Morgan fingerprint density at radius 2 is 1.76 bits per heavy atom. The second kappa shape index (κ2) is 8.20. The molecule has 1 unspecified atom stereocenters. The van der Waals surface area contributed by atoms with Gasteiger partial charge in [-0.15, -0.1) is 0 Å². The molecule has 0 saturated carbocycles. The van der Waals surface area contributed by atoms with Crippen LogP contribution in [0.1, 0.15) is 71.7 Å². The number of hydrogen-bond acceptors (Lipinski definition) is 4. The Kier molecular flexibility index (Phi) is 5.56. The van der Waals surface area contributed by atoms with Gasteiger partial charge in [0.2, 0.25) is 5.91 Å². The number of aryl methyl sites for hydroxylation is 2. The lowest BCUT2D eigenvalue weighted by molar-refractivity contribution is -0.118. The molecule has 1 heterocycles. The minimum Gasteiger partial charge on any atom is -0.386 e. The first-order chi connectivity index (χ1) is 16.1. The van der Waals surface area contributed by atoms with Crippen molar-refractivity contribution in [3.05, 3.63) is 63.7 Å². The largest absolute Gasteiger partial charge is 0.386 e. The Morgan fingerprint density at radius 3 is 2.38 bits per heavy atom. The number of amides is 3. The van der Waals surface area contributed by atoms with Gasteiger partial charge in [0.1, 0.15) is 0 Å². The summed E-state index contributed by atoms with van der Waals surface area (Å²) in [5, 5.41) is 12.8. The van der Waals surface area contributed by atoms with Crippen LogP contribution in [0, 0.1) is 0 Å². The van der Waals surface area contributed by atoms with Gasteiger partial charge in [0, 0.05) is 29.5 Å². The molecule has 2 aromatic carbocycles. The molecule has 5 rings (SSSR count). The van der Waals surface area contributed by atoms with E-state index < -0.39 is 27.2 Å². The second-order valence-corrected chi connectivity index (χ2v) is 12.9. The summed E-state index contributed by atoms with van der Waals surface area (Å²) in [6, 6.07) is 8.99. The molecular formula is C26H33N3O4S. The average molecular weight is 484 g/mol. The van der Waals surface area contributed by atoms with Crippen LogP contribution in [-0.4, -0.2) is 32.6 Å². The van der Waals surface area contributed by atoms with Gasteiger partial charge in [0.05, 0.1) is 10.9 Å². The molecule has 3 aliphatic rings. The number of carbonyl (C=O) groups excluding carboxylic acids is 2. The summed E-state index contributed by atoms with van der Waals surface area (Å²) in [5.74, 6) is -0.344. The fraction of sp³-hybridized carbons (Fsp3) is 0.462. The smallest absolute Gasteiger partial charge is 0.333 e. The standard InChI is InChI=1S/C26H33N3O4S/c1-26(2,32)19-10-4-9-18(14-19)22-15-23(30)28-34(22,33)29(3)25(31)27-24-20-11-5-7-16(20)13-17-8-6-12-21(17)24/h4,9-10,13-14,22,32,34H,5-8,11-12,15H2,1-3H3,(H,27,31)(H,28,30,33). The summed E-state index contributed by atoms with van der Waals surface area (Å²) in [6.45, 7) is 3.36. The highest BCUT2D eigenvalue weighted by atomic mass is 32.3. The number of nitrogens with one attached hydrogen (secondary N) is 2. The van der Waals surface area contributed by atoms with Crippen LogP contribution in [0.15, 0.2) is 30.3 Å². The molecule has 0 aromatic heterocycles. The lowest BCUT2D eigenvalue weighted by Gasteiger charge is -2.35. The molecule has 2 aliphatic carbocycles. The van der Waals surface area contributed by atoms with E-state index in [1.165, 1.54) is 33.6 Å². The summed E-state index contributed by atoms with van der Waals surface area (Å²) in [7, 11) is -2.12. The van der Waals surface area contributed by atoms with E-state index in [-0.39, 0.29) is 12.3 Å². The number of urea groups is 1. The van der Waals surface area contributed by atoms with Crippen molar-refractivity contribution in [1.29, 1.82) is 0 Å². The SMILES string of the molecule is CN(C(=O)Nc1c2c(cc3c1CCC3)CCC2)[SH]1(=O)NC(=O)CC1c1cccc(C(C)(C)O)c1. The van der Waals surface area contributed by atoms with Crippen LogP contribution in [-0.2, 0) is 46.4 Å². The molecular weight excluding hydrogens is 450 g/mol. The number of carbonyl (C=O) groups is 2. The van der Waals surface area contributed by atoms with Crippen LogP contribution < -0.4 is 10.0 Å². The zero-order valence-corrected chi connectivity index (χ0v) is 20.9. The molecule has 1 fully saturated rings. The monoisotopic (exact) mass is 483 g/mol. The molecule has 7 nitrogen and oxygen atoms in total. The molecule has 34 heavy (non-hydrogen) atoms. The molecule has 0 bridgehead atoms. The van der Waals surface area contributed by atoms with Crippen molar-refractivity contribution >= 4 is 27.9 Å². The summed E-state index contributed by atoms with van der Waals surface area (Å²) >= 11 is 0. The second-order valence-electron chi connectivity index (χ2n) is 10.3. The first-order valence-electron chi connectivity index (χ1n) is 12.0. The van der Waals surface area contributed by atoms with E-state index in [4.69, 9.17) is 0 Å². The maximum absolute atomic E-state index is 14.2. The Hall–Kier alpha value is -2.71. The van der Waals surface area contributed by atoms with E-state index in [2.05, 4.69) is 16.1 Å². The zero-order chi connectivity index (χ0) is 24.3. The van der Waals surface area contributed by atoms with Gasteiger partial charge in [-0.25, -0.2) is 9.00 Å². The number of hydrogen-bond donors (Lipinski definition) is 4. The normalized spacial score (nSPS) is 21.5. The highest BCUT2D eigenvalue weighted by Gasteiger charge is 2.43. The van der Waals surface area contributed by atoms with Gasteiger partial charge in [0.25, 0.3) is 0 Å². The van der Waals surface area contributed by atoms with E-state index >= 15 is 0 Å². The van der Waals surface area contributed by atoms with Crippen molar-refractivity contribution in [2.45, 2.75) is 69.6 Å². The minimum absolute atomic E-state index is 0.0281. The predicted octanol–water partition coefficient (Wildman–Crippen LogP) is 3.46. The van der Waals surface area contributed by atoms with Crippen LogP contribution in [0.4, 0.5) is 10.5 Å². The van der Waals surface area contributed by atoms with Gasteiger partial charge in [-0.1, -0.05) is 30.3 Å². The maximum atomic E-state index is 14.2. The number of thiol groups is 1. The molecule has 1 saturated heterocycles. The number of rotatable bonds is 4. The highest BCUT2D eigenvalue weighted by Crippen LogP contribution is 2.41. The Bertz CT molecular complexity index is 1200. The minimum atomic E-state index is -3.61. The third kappa shape index (κ3) is 3.82. The molecule has 2 aromatic rings. The van der Waals surface area contributed by atoms with Crippen molar-refractivity contribution in [3.63, 3.8) is 0 Å². The van der Waals surface area contributed by atoms with Crippen LogP contribution in [0.3, 0.4) is 0 Å². The first-order valence-corrected chi connectivity index (χ1v) is 13.8. The van der Waals surface area contributed by atoms with Gasteiger partial charge in [-0.3, -0.25) is 13.8 Å². The van der Waals surface area contributed by atoms with Crippen LogP contribution in [0.2, 0.25) is 0 Å². The van der Waals surface area contributed by atoms with Gasteiger partial charge in [-0.2, -0.15) is 0 Å². The molecule has 1 aliphatic heterocycles. The molecule has 3 amide bonds. The highest BCUT2D eigenvalue weighted by molar-refractivity contribution is 8.00. The fourth-order valence-electron chi connectivity index (χ4n) is 5.62. The fourth-order valence-corrected chi connectivity index (χ4v) is 8.09. The molecule has 182 valence electrons. The van der Waals surface area contributed by atoms with Crippen molar-refractivity contribution in [3.8, 4) is 0 Å². The lowest BCUT2D eigenvalue weighted by Crippen LogP contribution is -2.49. The third-order valence-corrected chi connectivity index (χ3v) is 10.5. The third-order valence-electron chi connectivity index (χ3n) is 7.51. The number of anilines is 1. The molecule has 8 heteroatoms. The van der Waals surface area contributed by atoms with E-state index in [1.807, 2.05) is 0 Å². The van der Waals surface area contributed by atoms with E-state index in [0.29, 0.717) is 11.1 Å². The predicted molar refractivity (Wildman–Crippen MR) is 134 cm³/mol. The molecule has 1 atom stereocenters. The summed E-state index contributed by atoms with van der Waals surface area (Å²) in [5.41, 5.74) is 6.16. The van der Waals surface area contributed by atoms with Gasteiger partial charge < -0.3 is 10.4 Å². The summed E-state index contributed by atoms with van der Waals surface area (Å²) in [6.07, 6.45) is 6.09. The van der Waals surface area contributed by atoms with Gasteiger partial charge >= 0.3 is 6.03 Å². The average Bonchev–Trinajstić information content (AvgIpc) is 3.51. The van der Waals surface area contributed by atoms with Crippen molar-refractivity contribution in [2.75, 3.05) is 12.4 Å². The topological polar surface area (TPSA) is 98.7 Å². The Morgan fingerprint density at radius 1 is 1.12 bits per heavy atom. The van der Waals surface area contributed by atoms with Crippen molar-refractivity contribution in [2.24, 2.45) is 0 Å². The lowest BCUT2D eigenvalue weighted by atomic mass is 9.95. The molecule has 0 spiro atoms. The maximum Gasteiger partial charge on any atom is 0.333 e. The molecule has 0 radical (unpaired) electrons. The van der Waals surface area contributed by atoms with E-state index in [1.54, 1.807) is 38.1 Å². The van der Waals surface area contributed by atoms with E-state index in [0.717, 1.165) is 44.2 Å². The number of nitrogens with zero attached hydrogens (tertiary/aromatic N) is 1. The number of benzene rings is 2. The van der Waals surface area contributed by atoms with Crippen molar-refractivity contribution < 1.29 is 18.9 Å². The number of aliphatic hydroxyl groups is 1. The molecule has 3 N–H and O–H groups in total. The van der Waals surface area contributed by atoms with Gasteiger partial charge in [-0.05, 0) is 85.8 Å².